The molecule has 19 heavy (non-hydrogen) atoms. The number of nitrogens with zero attached hydrogens (tertiary/aromatic N) is 2. The molecule has 4 nitrogen and oxygen atoms in total. The molecule has 1 aliphatic rings. The molecular formula is C14H17BrN2O2. The average molecular weight is 325 g/mol. The molecule has 0 radical (unpaired) electrons. The minimum absolute atomic E-state index is 0.0162. The Kier molecular flexibility index (Phi) is 3.27. The van der Waals surface area contributed by atoms with E-state index in [0.29, 0.717) is 5.92 Å². The van der Waals surface area contributed by atoms with E-state index in [4.69, 9.17) is 4.74 Å². The lowest BCUT2D eigenvalue weighted by molar-refractivity contribution is 0.185. The summed E-state index contributed by atoms with van der Waals surface area (Å²) < 4.78 is 8.82. The number of halogens is 1. The largest absolute Gasteiger partial charge is 0.381 e. The number of aryl methyl sites for hydroxylation is 2. The number of rotatable bonds is 2. The maximum absolute atomic E-state index is 11.9. The van der Waals surface area contributed by atoms with Gasteiger partial charge in [-0.05, 0) is 24.1 Å². The number of imidazole rings is 1. The number of hydrogen-bond acceptors (Lipinski definition) is 2. The second-order valence-corrected chi connectivity index (χ2v) is 6.16. The smallest absolute Gasteiger partial charge is 0.328 e. The predicted octanol–water partition coefficient (Wildman–Crippen LogP) is 2.35. The fourth-order valence-electron chi connectivity index (χ4n) is 2.75. The van der Waals surface area contributed by atoms with Crippen molar-refractivity contribution in [2.45, 2.75) is 11.2 Å². The van der Waals surface area contributed by atoms with Crippen LogP contribution < -0.4 is 5.69 Å². The van der Waals surface area contributed by atoms with Gasteiger partial charge in [-0.15, -0.1) is 0 Å². The maximum Gasteiger partial charge on any atom is 0.328 e. The van der Waals surface area contributed by atoms with E-state index in [1.165, 1.54) is 5.56 Å². The summed E-state index contributed by atoms with van der Waals surface area (Å²) in [6, 6.07) is 6.23. The van der Waals surface area contributed by atoms with Gasteiger partial charge in [0.05, 0.1) is 17.6 Å². The normalized spacial score (nSPS) is 21.1. The summed E-state index contributed by atoms with van der Waals surface area (Å²) in [5.41, 5.74) is 3.18. The van der Waals surface area contributed by atoms with Gasteiger partial charge in [0, 0.05) is 31.4 Å². The first-order valence-electron chi connectivity index (χ1n) is 6.47. The Morgan fingerprint density at radius 2 is 2.05 bits per heavy atom. The van der Waals surface area contributed by atoms with Crippen LogP contribution in [0.3, 0.4) is 0 Å². The van der Waals surface area contributed by atoms with Gasteiger partial charge in [0.1, 0.15) is 0 Å². The standard InChI is InChI=1S/C14H17BrN2O2/c1-16-11-4-3-9(7-12(11)17(2)14(16)18)13(15)10-5-6-19-8-10/h3-4,7,10,13H,5-6,8H2,1-2H3. The van der Waals surface area contributed by atoms with Gasteiger partial charge in [-0.1, -0.05) is 22.0 Å². The molecule has 1 saturated heterocycles. The van der Waals surface area contributed by atoms with Gasteiger partial charge < -0.3 is 4.74 Å². The van der Waals surface area contributed by atoms with Gasteiger partial charge in [0.15, 0.2) is 0 Å². The molecule has 0 aliphatic carbocycles. The Bertz CT molecular complexity index is 668. The summed E-state index contributed by atoms with van der Waals surface area (Å²) in [5.74, 6) is 0.512. The van der Waals surface area contributed by atoms with Crippen LogP contribution in [0.15, 0.2) is 23.0 Å². The highest BCUT2D eigenvalue weighted by Crippen LogP contribution is 2.36. The van der Waals surface area contributed by atoms with E-state index in [2.05, 4.69) is 28.1 Å². The molecule has 2 heterocycles. The van der Waals surface area contributed by atoms with Gasteiger partial charge in [-0.2, -0.15) is 0 Å². The first-order valence-corrected chi connectivity index (χ1v) is 7.38. The molecule has 5 heteroatoms. The first kappa shape index (κ1) is 12.9. The van der Waals surface area contributed by atoms with Crippen LogP contribution in [0.25, 0.3) is 11.0 Å². The molecule has 1 aromatic carbocycles. The van der Waals surface area contributed by atoms with Gasteiger partial charge in [0.25, 0.3) is 0 Å². The Labute approximate surface area is 120 Å². The molecule has 102 valence electrons. The van der Waals surface area contributed by atoms with Crippen LogP contribution in [0, 0.1) is 5.92 Å². The molecule has 0 amide bonds. The lowest BCUT2D eigenvalue weighted by Crippen LogP contribution is -2.19. The highest BCUT2D eigenvalue weighted by atomic mass is 79.9. The Hall–Kier alpha value is -1.07. The second-order valence-electron chi connectivity index (χ2n) is 5.17. The number of hydrogen-bond donors (Lipinski definition) is 0. The molecule has 2 atom stereocenters. The monoisotopic (exact) mass is 324 g/mol. The highest BCUT2D eigenvalue weighted by molar-refractivity contribution is 9.09. The number of ether oxygens (including phenoxy) is 1. The van der Waals surface area contributed by atoms with E-state index in [0.717, 1.165) is 30.7 Å². The average Bonchev–Trinajstić information content (AvgIpc) is 3.03. The lowest BCUT2D eigenvalue weighted by atomic mass is 9.98. The number of benzene rings is 1. The molecule has 0 bridgehead atoms. The minimum Gasteiger partial charge on any atom is -0.381 e. The van der Waals surface area contributed by atoms with E-state index in [1.54, 1.807) is 16.2 Å². The van der Waals surface area contributed by atoms with Crippen LogP contribution >= 0.6 is 15.9 Å². The third-order valence-corrected chi connectivity index (χ3v) is 5.27. The van der Waals surface area contributed by atoms with E-state index >= 15 is 0 Å². The van der Waals surface area contributed by atoms with Gasteiger partial charge >= 0.3 is 5.69 Å². The molecular weight excluding hydrogens is 308 g/mol. The van der Waals surface area contributed by atoms with Crippen LogP contribution in [-0.4, -0.2) is 22.3 Å². The Balaban J connectivity index is 2.06. The van der Waals surface area contributed by atoms with Crippen molar-refractivity contribution >= 4 is 27.0 Å². The van der Waals surface area contributed by atoms with Crippen LogP contribution in [-0.2, 0) is 18.8 Å². The summed E-state index contributed by atoms with van der Waals surface area (Å²) in [4.78, 5) is 12.2. The fraction of sp³-hybridized carbons (Fsp3) is 0.500. The van der Waals surface area contributed by atoms with Crippen LogP contribution in [0.2, 0.25) is 0 Å². The summed E-state index contributed by atoms with van der Waals surface area (Å²) in [5, 5.41) is 0. The molecule has 0 N–H and O–H groups in total. The van der Waals surface area contributed by atoms with Crippen LogP contribution in [0.5, 0.6) is 0 Å². The third-order valence-electron chi connectivity index (χ3n) is 3.99. The molecule has 0 saturated carbocycles. The third kappa shape index (κ3) is 2.05. The topological polar surface area (TPSA) is 36.2 Å². The van der Waals surface area contributed by atoms with Crippen molar-refractivity contribution in [1.29, 1.82) is 0 Å². The van der Waals surface area contributed by atoms with E-state index in [-0.39, 0.29) is 10.5 Å². The zero-order chi connectivity index (χ0) is 13.6. The van der Waals surface area contributed by atoms with E-state index < -0.39 is 0 Å². The minimum atomic E-state index is 0.0162. The summed E-state index contributed by atoms with van der Waals surface area (Å²) in [7, 11) is 3.62. The summed E-state index contributed by atoms with van der Waals surface area (Å²) >= 11 is 3.77. The van der Waals surface area contributed by atoms with Gasteiger partial charge in [-0.25, -0.2) is 4.79 Å². The number of aromatic nitrogens is 2. The zero-order valence-corrected chi connectivity index (χ0v) is 12.7. The molecule has 2 aromatic rings. The maximum atomic E-state index is 11.9. The molecule has 0 spiro atoms. The van der Waals surface area contributed by atoms with Gasteiger partial charge in [0.2, 0.25) is 0 Å². The van der Waals surface area contributed by atoms with Crippen molar-refractivity contribution in [3.63, 3.8) is 0 Å². The van der Waals surface area contributed by atoms with Crippen LogP contribution in [0.4, 0.5) is 0 Å². The Morgan fingerprint density at radius 3 is 2.74 bits per heavy atom. The molecule has 3 rings (SSSR count). The number of fused-ring (bicyclic) bond motifs is 1. The van der Waals surface area contributed by atoms with Crippen molar-refractivity contribution < 1.29 is 4.74 Å². The van der Waals surface area contributed by atoms with Crippen molar-refractivity contribution in [2.24, 2.45) is 20.0 Å². The second kappa shape index (κ2) is 4.80. The lowest BCUT2D eigenvalue weighted by Gasteiger charge is -2.16. The molecule has 2 unspecified atom stereocenters. The summed E-state index contributed by atoms with van der Waals surface area (Å²) in [6.45, 7) is 1.65. The zero-order valence-electron chi connectivity index (χ0n) is 11.1. The molecule has 1 aliphatic heterocycles. The van der Waals surface area contributed by atoms with E-state index in [1.807, 2.05) is 13.1 Å². The first-order chi connectivity index (χ1) is 9.09. The van der Waals surface area contributed by atoms with Crippen molar-refractivity contribution in [3.8, 4) is 0 Å². The van der Waals surface area contributed by atoms with Crippen LogP contribution in [0.1, 0.15) is 16.8 Å². The van der Waals surface area contributed by atoms with Crippen molar-refractivity contribution in [2.75, 3.05) is 13.2 Å². The van der Waals surface area contributed by atoms with Crippen molar-refractivity contribution in [3.05, 3.63) is 34.2 Å². The van der Waals surface area contributed by atoms with Crippen molar-refractivity contribution in [1.82, 2.24) is 9.13 Å². The molecule has 1 aromatic heterocycles. The SMILES string of the molecule is Cn1c(=O)n(C)c2cc(C(Br)C3CCOC3)ccc21. The predicted molar refractivity (Wildman–Crippen MR) is 78.8 cm³/mol. The van der Waals surface area contributed by atoms with E-state index in [9.17, 15) is 4.79 Å². The molecule has 1 fully saturated rings. The quantitative estimate of drug-likeness (QED) is 0.795. The summed E-state index contributed by atoms with van der Waals surface area (Å²) in [6.07, 6.45) is 1.08. The van der Waals surface area contributed by atoms with Gasteiger partial charge in [-0.3, -0.25) is 9.13 Å². The Morgan fingerprint density at radius 1 is 1.32 bits per heavy atom. The fourth-order valence-corrected chi connectivity index (χ4v) is 3.45. The number of alkyl halides is 1. The highest BCUT2D eigenvalue weighted by Gasteiger charge is 2.25.